The van der Waals surface area contributed by atoms with Crippen LogP contribution in [0.2, 0.25) is 0 Å². The van der Waals surface area contributed by atoms with Crippen molar-refractivity contribution < 1.29 is 22.7 Å². The molecule has 1 aromatic heterocycles. The van der Waals surface area contributed by atoms with E-state index in [0.29, 0.717) is 55.0 Å². The normalized spacial score (nSPS) is 12.1. The van der Waals surface area contributed by atoms with Gasteiger partial charge in [0.1, 0.15) is 0 Å². The second-order valence-electron chi connectivity index (χ2n) is 10.4. The maximum absolute atomic E-state index is 12.9. The Hall–Kier alpha value is -3.51. The quantitative estimate of drug-likeness (QED) is 0.185. The number of aromatic nitrogens is 2. The van der Waals surface area contributed by atoms with E-state index in [1.165, 1.54) is 6.07 Å². The Morgan fingerprint density at radius 1 is 1.05 bits per heavy atom. The predicted molar refractivity (Wildman–Crippen MR) is 167 cm³/mol. The Bertz CT molecular complexity index is 1440. The molecule has 3 amide bonds. The predicted octanol–water partition coefficient (Wildman–Crippen LogP) is 4.60. The topological polar surface area (TPSA) is 131 Å². The molecule has 42 heavy (non-hydrogen) atoms. The van der Waals surface area contributed by atoms with Crippen LogP contribution in [0.1, 0.15) is 51.8 Å². The minimum absolute atomic E-state index is 0.00359. The zero-order valence-corrected chi connectivity index (χ0v) is 26.3. The minimum atomic E-state index is -4.09. The molecule has 1 heterocycles. The molecular formula is C30H41N5O5S2. The van der Waals surface area contributed by atoms with Gasteiger partial charge in [0.2, 0.25) is 5.91 Å². The minimum Gasteiger partial charge on any atom is -0.465 e. The average molecular weight is 616 g/mol. The van der Waals surface area contributed by atoms with E-state index in [9.17, 15) is 18.0 Å². The fraction of sp³-hybridized carbons (Fsp3) is 0.433. The fourth-order valence-corrected chi connectivity index (χ4v) is 5.93. The molecule has 3 N–H and O–H groups in total. The van der Waals surface area contributed by atoms with Crippen LogP contribution in [0.3, 0.4) is 0 Å². The first kappa shape index (κ1) is 33.0. The lowest BCUT2D eigenvalue weighted by atomic mass is 9.98. The summed E-state index contributed by atoms with van der Waals surface area (Å²) in [6.07, 6.45) is 3.29. The number of nitrogens with one attached hydrogen (secondary N) is 3. The van der Waals surface area contributed by atoms with Gasteiger partial charge in [-0.2, -0.15) is 12.6 Å². The number of imidazole rings is 1. The standard InChI is InChI=1S/C30H41N5O5S2/c1-5-15-40-30-33-18-25(17-32-28(36)24(20-41)16-21(3)4)35(30)19-22-11-13-23(14-12-22)26-9-7-8-10-27(26)42(38,39)34-29(37)31-6-2/h7-14,18,21,24,41H,5-6,15-17,19-20H2,1-4H3,(H,32,36)(H2,31,34,37)/t24-/m1/s1. The first-order valence-corrected chi connectivity index (χ1v) is 16.3. The number of hydrogen-bond acceptors (Lipinski definition) is 7. The molecule has 0 fully saturated rings. The number of ether oxygens (including phenoxy) is 1. The summed E-state index contributed by atoms with van der Waals surface area (Å²) in [5.41, 5.74) is 2.88. The van der Waals surface area contributed by atoms with Gasteiger partial charge in [-0.25, -0.2) is 22.9 Å². The summed E-state index contributed by atoms with van der Waals surface area (Å²) in [6, 6.07) is 13.7. The third-order valence-electron chi connectivity index (χ3n) is 6.47. The Labute approximate surface area is 254 Å². The number of thiol groups is 1. The van der Waals surface area contributed by atoms with Crippen LogP contribution >= 0.6 is 12.6 Å². The SMILES string of the molecule is CCCOc1ncc(CNC(=O)[C@@H](CS)CC(C)C)n1Cc1ccc(-c2ccccc2S(=O)(=O)NC(=O)NCC)cc1. The highest BCUT2D eigenvalue weighted by molar-refractivity contribution is 7.90. The van der Waals surface area contributed by atoms with Gasteiger partial charge in [0.25, 0.3) is 16.0 Å². The number of sulfonamides is 1. The van der Waals surface area contributed by atoms with E-state index in [1.807, 2.05) is 35.8 Å². The van der Waals surface area contributed by atoms with E-state index >= 15 is 0 Å². The summed E-state index contributed by atoms with van der Waals surface area (Å²) in [5.74, 6) is 0.657. The van der Waals surface area contributed by atoms with E-state index in [0.717, 1.165) is 24.1 Å². The number of urea groups is 1. The Kier molecular flexibility index (Phi) is 12.3. The summed E-state index contributed by atoms with van der Waals surface area (Å²) in [6.45, 7) is 9.43. The molecule has 0 radical (unpaired) electrons. The number of nitrogens with zero attached hydrogens (tertiary/aromatic N) is 2. The van der Waals surface area contributed by atoms with Gasteiger partial charge in [-0.15, -0.1) is 0 Å². The molecule has 10 nitrogen and oxygen atoms in total. The largest absolute Gasteiger partial charge is 0.465 e. The van der Waals surface area contributed by atoms with Gasteiger partial charge in [-0.3, -0.25) is 9.36 Å². The smallest absolute Gasteiger partial charge is 0.328 e. The Morgan fingerprint density at radius 2 is 1.76 bits per heavy atom. The molecule has 3 rings (SSSR count). The highest BCUT2D eigenvalue weighted by Crippen LogP contribution is 2.28. The van der Waals surface area contributed by atoms with Gasteiger partial charge < -0.3 is 15.4 Å². The van der Waals surface area contributed by atoms with Crippen molar-refractivity contribution in [2.24, 2.45) is 11.8 Å². The van der Waals surface area contributed by atoms with Crippen LogP contribution in [0.25, 0.3) is 11.1 Å². The highest BCUT2D eigenvalue weighted by atomic mass is 32.2. The molecule has 1 atom stereocenters. The van der Waals surface area contributed by atoms with Gasteiger partial charge in [-0.1, -0.05) is 63.2 Å². The number of rotatable bonds is 15. The van der Waals surface area contributed by atoms with Gasteiger partial charge in [0, 0.05) is 23.8 Å². The molecule has 3 aromatic rings. The molecule has 0 unspecified atom stereocenters. The monoisotopic (exact) mass is 615 g/mol. The van der Waals surface area contributed by atoms with E-state index in [-0.39, 0.29) is 16.7 Å². The van der Waals surface area contributed by atoms with Crippen molar-refractivity contribution >= 4 is 34.6 Å². The molecule has 0 spiro atoms. The molecule has 12 heteroatoms. The summed E-state index contributed by atoms with van der Waals surface area (Å²) in [7, 11) is -4.09. The van der Waals surface area contributed by atoms with Crippen LogP contribution in [0.15, 0.2) is 59.6 Å². The van der Waals surface area contributed by atoms with Crippen molar-refractivity contribution in [3.05, 3.63) is 66.0 Å². The van der Waals surface area contributed by atoms with E-state index in [4.69, 9.17) is 4.74 Å². The lowest BCUT2D eigenvalue weighted by Gasteiger charge is -2.17. The molecule has 2 aromatic carbocycles. The summed E-state index contributed by atoms with van der Waals surface area (Å²) in [5, 5.41) is 5.47. The lowest BCUT2D eigenvalue weighted by molar-refractivity contribution is -0.124. The lowest BCUT2D eigenvalue weighted by Crippen LogP contribution is -2.39. The highest BCUT2D eigenvalue weighted by Gasteiger charge is 2.22. The first-order chi connectivity index (χ1) is 20.1. The van der Waals surface area contributed by atoms with Crippen molar-refractivity contribution in [3.63, 3.8) is 0 Å². The van der Waals surface area contributed by atoms with Crippen LogP contribution < -0.4 is 20.1 Å². The van der Waals surface area contributed by atoms with Crippen LogP contribution in [-0.4, -0.2) is 48.8 Å². The molecule has 0 bridgehead atoms. The Morgan fingerprint density at radius 3 is 2.40 bits per heavy atom. The number of amides is 3. The van der Waals surface area contributed by atoms with Gasteiger partial charge in [0.15, 0.2) is 0 Å². The average Bonchev–Trinajstić information content (AvgIpc) is 3.34. The van der Waals surface area contributed by atoms with Crippen molar-refractivity contribution in [2.75, 3.05) is 18.9 Å². The summed E-state index contributed by atoms with van der Waals surface area (Å²) in [4.78, 5) is 29.2. The Balaban J connectivity index is 1.83. The molecule has 0 saturated carbocycles. The van der Waals surface area contributed by atoms with Crippen LogP contribution in [0.4, 0.5) is 4.79 Å². The number of carbonyl (C=O) groups is 2. The van der Waals surface area contributed by atoms with Crippen molar-refractivity contribution in [1.29, 1.82) is 0 Å². The summed E-state index contributed by atoms with van der Waals surface area (Å²) >= 11 is 4.37. The maximum Gasteiger partial charge on any atom is 0.328 e. The number of benzene rings is 2. The van der Waals surface area contributed by atoms with Crippen LogP contribution in [-0.2, 0) is 27.9 Å². The molecular weight excluding hydrogens is 574 g/mol. The molecule has 0 saturated heterocycles. The van der Waals surface area contributed by atoms with E-state index in [1.54, 1.807) is 31.3 Å². The third kappa shape index (κ3) is 8.99. The van der Waals surface area contributed by atoms with Gasteiger partial charge in [-0.05, 0) is 42.9 Å². The van der Waals surface area contributed by atoms with Gasteiger partial charge in [0.05, 0.1) is 36.5 Å². The zero-order valence-electron chi connectivity index (χ0n) is 24.6. The second kappa shape index (κ2) is 15.6. The first-order valence-electron chi connectivity index (χ1n) is 14.1. The van der Waals surface area contributed by atoms with Crippen molar-refractivity contribution in [3.8, 4) is 17.1 Å². The molecule has 0 aliphatic carbocycles. The number of carbonyl (C=O) groups excluding carboxylic acids is 2. The molecule has 0 aliphatic rings. The molecule has 0 aliphatic heterocycles. The molecule has 228 valence electrons. The summed E-state index contributed by atoms with van der Waals surface area (Å²) < 4.78 is 35.8. The van der Waals surface area contributed by atoms with Crippen LogP contribution in [0, 0.1) is 11.8 Å². The van der Waals surface area contributed by atoms with Crippen molar-refractivity contribution in [2.45, 2.75) is 58.5 Å². The zero-order chi connectivity index (χ0) is 30.7. The maximum atomic E-state index is 12.9. The fourth-order valence-electron chi connectivity index (χ4n) is 4.45. The van der Waals surface area contributed by atoms with E-state index in [2.05, 4.69) is 46.8 Å². The second-order valence-corrected chi connectivity index (χ2v) is 12.4. The van der Waals surface area contributed by atoms with Gasteiger partial charge >= 0.3 is 6.03 Å². The van der Waals surface area contributed by atoms with Crippen molar-refractivity contribution in [1.82, 2.24) is 24.9 Å². The number of hydrogen-bond donors (Lipinski definition) is 4. The third-order valence-corrected chi connectivity index (χ3v) is 8.30. The van der Waals surface area contributed by atoms with Crippen LogP contribution in [0.5, 0.6) is 6.01 Å². The van der Waals surface area contributed by atoms with E-state index < -0.39 is 16.1 Å².